The molecule has 0 aliphatic rings. The lowest BCUT2D eigenvalue weighted by Crippen LogP contribution is -2.24. The summed E-state index contributed by atoms with van der Waals surface area (Å²) in [6, 6.07) is 1.78. The molecule has 1 aromatic rings. The molecule has 1 atom stereocenters. The van der Waals surface area contributed by atoms with Crippen molar-refractivity contribution < 1.29 is 5.11 Å². The predicted octanol–water partition coefficient (Wildman–Crippen LogP) is 0.184. The van der Waals surface area contributed by atoms with Crippen LogP contribution in [0.25, 0.3) is 0 Å². The minimum atomic E-state index is -0.397. The summed E-state index contributed by atoms with van der Waals surface area (Å²) in [5, 5.41) is 25.0. The quantitative estimate of drug-likeness (QED) is 0.740. The Hall–Kier alpha value is -1.38. The van der Waals surface area contributed by atoms with Crippen LogP contribution in [0.1, 0.15) is 23.0 Å². The Morgan fingerprint density at radius 2 is 2.27 bits per heavy atom. The van der Waals surface area contributed by atoms with Crippen LogP contribution in [0, 0.1) is 25.2 Å². The average Bonchev–Trinajstić information content (AvgIpc) is 2.45. The molecule has 1 unspecified atom stereocenters. The first-order valence-electron chi connectivity index (χ1n) is 4.85. The molecule has 1 heterocycles. The Morgan fingerprint density at radius 1 is 1.60 bits per heavy atom. The van der Waals surface area contributed by atoms with E-state index in [2.05, 4.69) is 16.5 Å². The molecule has 0 bridgehead atoms. The zero-order chi connectivity index (χ0) is 11.4. The van der Waals surface area contributed by atoms with E-state index in [1.807, 2.05) is 20.9 Å². The third-order valence-corrected chi connectivity index (χ3v) is 2.44. The van der Waals surface area contributed by atoms with E-state index < -0.39 is 6.04 Å². The highest BCUT2D eigenvalue weighted by atomic mass is 16.3. The van der Waals surface area contributed by atoms with E-state index in [0.717, 1.165) is 17.0 Å². The third-order valence-electron chi connectivity index (χ3n) is 2.44. The van der Waals surface area contributed by atoms with Gasteiger partial charge in [0.25, 0.3) is 0 Å². The molecule has 0 radical (unpaired) electrons. The molecule has 5 nitrogen and oxygen atoms in total. The van der Waals surface area contributed by atoms with E-state index in [4.69, 9.17) is 10.4 Å². The molecule has 0 spiro atoms. The van der Waals surface area contributed by atoms with Gasteiger partial charge in [-0.15, -0.1) is 0 Å². The fourth-order valence-electron chi connectivity index (χ4n) is 1.63. The Morgan fingerprint density at radius 3 is 2.67 bits per heavy atom. The Kier molecular flexibility index (Phi) is 3.83. The van der Waals surface area contributed by atoms with Gasteiger partial charge >= 0.3 is 0 Å². The molecule has 0 aliphatic carbocycles. The van der Waals surface area contributed by atoms with Gasteiger partial charge in [-0.1, -0.05) is 0 Å². The van der Waals surface area contributed by atoms with Gasteiger partial charge in [0.05, 0.1) is 18.4 Å². The summed E-state index contributed by atoms with van der Waals surface area (Å²) in [4.78, 5) is 0. The van der Waals surface area contributed by atoms with E-state index in [-0.39, 0.29) is 6.61 Å². The van der Waals surface area contributed by atoms with Crippen LogP contribution in [0.3, 0.4) is 0 Å². The van der Waals surface area contributed by atoms with Crippen LogP contribution in [0.15, 0.2) is 0 Å². The zero-order valence-corrected chi connectivity index (χ0v) is 9.28. The minimum Gasteiger partial charge on any atom is -0.395 e. The summed E-state index contributed by atoms with van der Waals surface area (Å²) in [5.41, 5.74) is 2.74. The standard InChI is InChI=1S/C10H16N4O/c1-7-10(8(2)14(3)13-7)9(6-11)12-4-5-15/h9,12,15H,4-5H2,1-3H3. The first-order chi connectivity index (χ1) is 7.11. The summed E-state index contributed by atoms with van der Waals surface area (Å²) in [7, 11) is 1.85. The number of aryl methyl sites for hydroxylation is 2. The molecule has 0 saturated carbocycles. The van der Waals surface area contributed by atoms with E-state index in [1.165, 1.54) is 0 Å². The van der Waals surface area contributed by atoms with E-state index in [1.54, 1.807) is 4.68 Å². The monoisotopic (exact) mass is 208 g/mol. The molecule has 82 valence electrons. The lowest BCUT2D eigenvalue weighted by atomic mass is 10.1. The third kappa shape index (κ3) is 2.35. The fraction of sp³-hybridized carbons (Fsp3) is 0.600. The molecule has 0 amide bonds. The van der Waals surface area contributed by atoms with Gasteiger partial charge in [-0.2, -0.15) is 10.4 Å². The second-order valence-electron chi connectivity index (χ2n) is 3.45. The maximum absolute atomic E-state index is 9.03. The highest BCUT2D eigenvalue weighted by molar-refractivity contribution is 5.32. The number of rotatable bonds is 4. The Labute approximate surface area is 89.3 Å². The minimum absolute atomic E-state index is 0.0243. The smallest absolute Gasteiger partial charge is 0.125 e. The Balaban J connectivity index is 2.97. The van der Waals surface area contributed by atoms with Crippen LogP contribution >= 0.6 is 0 Å². The Bertz CT molecular complexity index is 378. The van der Waals surface area contributed by atoms with Gasteiger partial charge in [0.2, 0.25) is 0 Å². The van der Waals surface area contributed by atoms with Crippen molar-refractivity contribution in [1.82, 2.24) is 15.1 Å². The van der Waals surface area contributed by atoms with E-state index >= 15 is 0 Å². The maximum Gasteiger partial charge on any atom is 0.125 e. The van der Waals surface area contributed by atoms with E-state index in [0.29, 0.717) is 6.54 Å². The van der Waals surface area contributed by atoms with Crippen molar-refractivity contribution in [3.8, 4) is 6.07 Å². The molecular formula is C10H16N4O. The van der Waals surface area contributed by atoms with Crippen molar-refractivity contribution >= 4 is 0 Å². The number of nitriles is 1. The van der Waals surface area contributed by atoms with Gasteiger partial charge in [-0.25, -0.2) is 0 Å². The first-order valence-corrected chi connectivity index (χ1v) is 4.85. The topological polar surface area (TPSA) is 73.9 Å². The predicted molar refractivity (Wildman–Crippen MR) is 56.1 cm³/mol. The second-order valence-corrected chi connectivity index (χ2v) is 3.45. The fourth-order valence-corrected chi connectivity index (χ4v) is 1.63. The van der Waals surface area contributed by atoms with Gasteiger partial charge in [0, 0.05) is 24.8 Å². The summed E-state index contributed by atoms with van der Waals surface area (Å²) >= 11 is 0. The average molecular weight is 208 g/mol. The van der Waals surface area contributed by atoms with Crippen LogP contribution in [0.4, 0.5) is 0 Å². The number of aliphatic hydroxyl groups excluding tert-OH is 1. The van der Waals surface area contributed by atoms with E-state index in [9.17, 15) is 0 Å². The second kappa shape index (κ2) is 4.91. The van der Waals surface area contributed by atoms with Crippen LogP contribution in [0.2, 0.25) is 0 Å². The van der Waals surface area contributed by atoms with Crippen molar-refractivity contribution in [3.63, 3.8) is 0 Å². The lowest BCUT2D eigenvalue weighted by molar-refractivity contribution is 0.289. The molecule has 1 aromatic heterocycles. The van der Waals surface area contributed by atoms with Crippen molar-refractivity contribution in [2.75, 3.05) is 13.2 Å². The van der Waals surface area contributed by atoms with Crippen molar-refractivity contribution in [2.24, 2.45) is 7.05 Å². The highest BCUT2D eigenvalue weighted by Gasteiger charge is 2.18. The molecule has 0 saturated heterocycles. The van der Waals surface area contributed by atoms with Crippen molar-refractivity contribution in [1.29, 1.82) is 5.26 Å². The van der Waals surface area contributed by atoms with Crippen LogP contribution in [-0.4, -0.2) is 28.0 Å². The van der Waals surface area contributed by atoms with Crippen LogP contribution < -0.4 is 5.32 Å². The molecule has 15 heavy (non-hydrogen) atoms. The van der Waals surface area contributed by atoms with Gasteiger partial charge < -0.3 is 5.11 Å². The number of hydrogen-bond donors (Lipinski definition) is 2. The number of aromatic nitrogens is 2. The first kappa shape index (κ1) is 11.7. The number of nitrogens with one attached hydrogen (secondary N) is 1. The summed E-state index contributed by atoms with van der Waals surface area (Å²) in [6.45, 7) is 4.25. The SMILES string of the molecule is Cc1nn(C)c(C)c1C(C#N)NCCO. The van der Waals surface area contributed by atoms with Gasteiger partial charge in [0.1, 0.15) is 6.04 Å². The van der Waals surface area contributed by atoms with Gasteiger partial charge in [-0.3, -0.25) is 10.00 Å². The van der Waals surface area contributed by atoms with Crippen LogP contribution in [0.5, 0.6) is 0 Å². The number of nitrogens with zero attached hydrogens (tertiary/aromatic N) is 3. The molecule has 2 N–H and O–H groups in total. The normalized spacial score (nSPS) is 12.5. The highest BCUT2D eigenvalue weighted by Crippen LogP contribution is 2.20. The molecule has 0 fully saturated rings. The molecule has 5 heteroatoms. The van der Waals surface area contributed by atoms with Gasteiger partial charge in [0.15, 0.2) is 0 Å². The molecule has 1 rings (SSSR count). The zero-order valence-electron chi connectivity index (χ0n) is 9.28. The number of aliphatic hydroxyl groups is 1. The maximum atomic E-state index is 9.03. The van der Waals surface area contributed by atoms with Crippen molar-refractivity contribution in [3.05, 3.63) is 17.0 Å². The summed E-state index contributed by atoms with van der Waals surface area (Å²) in [5.74, 6) is 0. The summed E-state index contributed by atoms with van der Waals surface area (Å²) < 4.78 is 1.76. The largest absolute Gasteiger partial charge is 0.395 e. The lowest BCUT2D eigenvalue weighted by Gasteiger charge is -2.10. The molecule has 0 aliphatic heterocycles. The molecule has 0 aromatic carbocycles. The summed E-state index contributed by atoms with van der Waals surface area (Å²) in [6.07, 6.45) is 0. The number of hydrogen-bond acceptors (Lipinski definition) is 4. The van der Waals surface area contributed by atoms with Crippen molar-refractivity contribution in [2.45, 2.75) is 19.9 Å². The molecular weight excluding hydrogens is 192 g/mol. The van der Waals surface area contributed by atoms with Crippen LogP contribution in [-0.2, 0) is 7.05 Å². The van der Waals surface area contributed by atoms with Gasteiger partial charge in [-0.05, 0) is 13.8 Å².